The van der Waals surface area contributed by atoms with Crippen molar-refractivity contribution in [1.82, 2.24) is 0 Å². The molecule has 2 rings (SSSR count). The Kier molecular flexibility index (Phi) is 4.92. The summed E-state index contributed by atoms with van der Waals surface area (Å²) in [6.07, 6.45) is 0. The van der Waals surface area contributed by atoms with Gasteiger partial charge < -0.3 is 0 Å². The van der Waals surface area contributed by atoms with Crippen molar-refractivity contribution in [2.24, 2.45) is 0 Å². The molecule has 0 bridgehead atoms. The van der Waals surface area contributed by atoms with Crippen LogP contribution >= 0.6 is 38.4 Å². The monoisotopic (exact) mass is 407 g/mol. The maximum atomic E-state index is 11.6. The number of nitro benzene ring substituents is 1. The highest BCUT2D eigenvalue weighted by atomic mass is 79.9. The van der Waals surface area contributed by atoms with Gasteiger partial charge in [0.1, 0.15) is 4.90 Å². The van der Waals surface area contributed by atoms with Gasteiger partial charge in [-0.05, 0) is 34.1 Å². The molecule has 0 fully saturated rings. The van der Waals surface area contributed by atoms with E-state index in [2.05, 4.69) is 15.9 Å². The summed E-state index contributed by atoms with van der Waals surface area (Å²) in [6.45, 7) is 0. The Hall–Kier alpha value is -1.09. The Morgan fingerprint density at radius 2 is 1.81 bits per heavy atom. The van der Waals surface area contributed by atoms with Gasteiger partial charge in [-0.15, -0.1) is 0 Å². The number of hydrogen-bond acceptors (Lipinski definition) is 5. The van der Waals surface area contributed by atoms with Gasteiger partial charge in [0.15, 0.2) is 0 Å². The molecule has 0 aromatic heterocycles. The van der Waals surface area contributed by atoms with Gasteiger partial charge in [0.05, 0.1) is 4.92 Å². The maximum Gasteiger partial charge on any atom is 0.270 e. The van der Waals surface area contributed by atoms with Crippen LogP contribution in [0.15, 0.2) is 61.6 Å². The average molecular weight is 409 g/mol. The first-order valence-electron chi connectivity index (χ1n) is 5.44. The fourth-order valence-corrected chi connectivity index (χ4v) is 4.45. The second kappa shape index (κ2) is 6.35. The normalized spacial score (nSPS) is 11.3. The molecule has 0 spiro atoms. The first-order valence-corrected chi connectivity index (χ1v) is 9.36. The minimum Gasteiger partial charge on any atom is -0.258 e. The third-order valence-corrected chi connectivity index (χ3v) is 6.05. The zero-order chi connectivity index (χ0) is 15.6. The lowest BCUT2D eigenvalue weighted by Crippen LogP contribution is -1.97. The van der Waals surface area contributed by atoms with Gasteiger partial charge in [0, 0.05) is 37.1 Å². The molecule has 0 unspecified atom stereocenters. The van der Waals surface area contributed by atoms with E-state index in [1.807, 2.05) is 12.1 Å². The number of nitrogens with zero attached hydrogens (tertiary/aromatic N) is 1. The molecule has 0 aliphatic carbocycles. The van der Waals surface area contributed by atoms with E-state index in [4.69, 9.17) is 10.7 Å². The quantitative estimate of drug-likeness (QED) is 0.425. The Bertz CT molecular complexity index is 811. The van der Waals surface area contributed by atoms with Gasteiger partial charge >= 0.3 is 0 Å². The molecule has 0 aliphatic rings. The first kappa shape index (κ1) is 16.3. The lowest BCUT2D eigenvalue weighted by molar-refractivity contribution is -0.385. The van der Waals surface area contributed by atoms with E-state index in [9.17, 15) is 18.5 Å². The summed E-state index contributed by atoms with van der Waals surface area (Å²) in [5, 5.41) is 10.8. The van der Waals surface area contributed by atoms with Crippen LogP contribution in [0.1, 0.15) is 0 Å². The van der Waals surface area contributed by atoms with Gasteiger partial charge in [0.25, 0.3) is 14.7 Å². The lowest BCUT2D eigenvalue weighted by atomic mass is 10.3. The van der Waals surface area contributed by atoms with Crippen molar-refractivity contribution in [3.05, 3.63) is 57.1 Å². The molecule has 0 N–H and O–H groups in total. The average Bonchev–Trinajstić information content (AvgIpc) is 2.40. The van der Waals surface area contributed by atoms with Crippen LogP contribution in [0, 0.1) is 10.1 Å². The zero-order valence-electron chi connectivity index (χ0n) is 10.2. The maximum absolute atomic E-state index is 11.6. The molecule has 2 aromatic carbocycles. The molecule has 21 heavy (non-hydrogen) atoms. The van der Waals surface area contributed by atoms with Crippen LogP contribution < -0.4 is 0 Å². The second-order valence-corrected chi connectivity index (χ2v) is 8.33. The van der Waals surface area contributed by atoms with Gasteiger partial charge in [0.2, 0.25) is 0 Å². The molecule has 2 aromatic rings. The third kappa shape index (κ3) is 3.97. The van der Waals surface area contributed by atoms with Crippen molar-refractivity contribution in [3.8, 4) is 0 Å². The predicted octanol–water partition coefficient (Wildman–Crippen LogP) is 4.44. The van der Waals surface area contributed by atoms with Crippen LogP contribution in [0.5, 0.6) is 0 Å². The minimum atomic E-state index is -4.09. The smallest absolute Gasteiger partial charge is 0.258 e. The van der Waals surface area contributed by atoms with Gasteiger partial charge in [-0.1, -0.05) is 23.9 Å². The number of halogens is 2. The Balaban J connectivity index is 2.54. The Morgan fingerprint density at radius 3 is 2.38 bits per heavy atom. The van der Waals surface area contributed by atoms with Crippen LogP contribution in [-0.4, -0.2) is 13.3 Å². The molecule has 110 valence electrons. The van der Waals surface area contributed by atoms with Crippen molar-refractivity contribution in [1.29, 1.82) is 0 Å². The summed E-state index contributed by atoms with van der Waals surface area (Å²) < 4.78 is 24.0. The van der Waals surface area contributed by atoms with Crippen molar-refractivity contribution in [2.45, 2.75) is 14.7 Å². The van der Waals surface area contributed by atoms with Crippen molar-refractivity contribution >= 4 is 53.1 Å². The van der Waals surface area contributed by atoms with Crippen LogP contribution in [0.25, 0.3) is 0 Å². The van der Waals surface area contributed by atoms with Crippen LogP contribution in [0.4, 0.5) is 5.69 Å². The number of nitro groups is 1. The molecule has 0 amide bonds. The van der Waals surface area contributed by atoms with E-state index >= 15 is 0 Å². The molecule has 0 saturated heterocycles. The van der Waals surface area contributed by atoms with E-state index in [0.29, 0.717) is 4.90 Å². The van der Waals surface area contributed by atoms with Crippen molar-refractivity contribution in [3.63, 3.8) is 0 Å². The third-order valence-electron chi connectivity index (χ3n) is 2.46. The highest BCUT2D eigenvalue weighted by Crippen LogP contribution is 2.39. The fraction of sp³-hybridized carbons (Fsp3) is 0. The topological polar surface area (TPSA) is 77.3 Å². The van der Waals surface area contributed by atoms with Crippen molar-refractivity contribution < 1.29 is 13.3 Å². The first-order chi connectivity index (χ1) is 9.79. The molecule has 9 heteroatoms. The minimum absolute atomic E-state index is 0.279. The number of non-ortho nitro benzene ring substituents is 1. The molecule has 5 nitrogen and oxygen atoms in total. The van der Waals surface area contributed by atoms with Crippen LogP contribution in [-0.2, 0) is 9.05 Å². The standard InChI is InChI=1S/C12H7BrClNO4S2/c13-9-3-1-2-4-10(9)20-11-6-5-8(15(16)17)7-12(11)21(14,18)19/h1-7H. The predicted molar refractivity (Wildman–Crippen MR) is 84.4 cm³/mol. The number of hydrogen-bond donors (Lipinski definition) is 0. The summed E-state index contributed by atoms with van der Waals surface area (Å²) in [4.78, 5) is 10.9. The SMILES string of the molecule is O=[N+]([O-])c1ccc(Sc2ccccc2Br)c(S(=O)(=O)Cl)c1. The summed E-state index contributed by atoms with van der Waals surface area (Å²) in [5.74, 6) is 0. The van der Waals surface area contributed by atoms with Crippen LogP contribution in [0.3, 0.4) is 0 Å². The van der Waals surface area contributed by atoms with Gasteiger partial charge in [-0.3, -0.25) is 10.1 Å². The summed E-state index contributed by atoms with van der Waals surface area (Å²) in [6, 6.07) is 10.8. The molecule has 0 radical (unpaired) electrons. The second-order valence-electron chi connectivity index (χ2n) is 3.86. The molecule has 0 atom stereocenters. The van der Waals surface area contributed by atoms with E-state index in [1.54, 1.807) is 12.1 Å². The summed E-state index contributed by atoms with van der Waals surface area (Å²) in [7, 11) is 1.28. The van der Waals surface area contributed by atoms with E-state index in [-0.39, 0.29) is 10.6 Å². The Morgan fingerprint density at radius 1 is 1.14 bits per heavy atom. The highest BCUT2D eigenvalue weighted by Gasteiger charge is 2.21. The van der Waals surface area contributed by atoms with Crippen LogP contribution in [0.2, 0.25) is 0 Å². The number of benzene rings is 2. The molecule has 0 aliphatic heterocycles. The van der Waals surface area contributed by atoms with E-state index in [0.717, 1.165) is 27.2 Å². The number of rotatable bonds is 4. The van der Waals surface area contributed by atoms with Crippen molar-refractivity contribution in [2.75, 3.05) is 0 Å². The van der Waals surface area contributed by atoms with E-state index < -0.39 is 14.0 Å². The molecule has 0 saturated carbocycles. The highest BCUT2D eigenvalue weighted by molar-refractivity contribution is 9.10. The molecular weight excluding hydrogens is 402 g/mol. The summed E-state index contributed by atoms with van der Waals surface area (Å²) >= 11 is 4.51. The Labute approximate surface area is 138 Å². The zero-order valence-corrected chi connectivity index (χ0v) is 14.2. The lowest BCUT2D eigenvalue weighted by Gasteiger charge is -2.08. The molecule has 0 heterocycles. The van der Waals surface area contributed by atoms with Gasteiger partial charge in [-0.25, -0.2) is 8.42 Å². The molecular formula is C12H7BrClNO4S2. The fourth-order valence-electron chi connectivity index (χ4n) is 1.53. The largest absolute Gasteiger partial charge is 0.270 e. The van der Waals surface area contributed by atoms with E-state index in [1.165, 1.54) is 12.1 Å². The summed E-state index contributed by atoms with van der Waals surface area (Å²) in [5.41, 5.74) is -0.328. The van der Waals surface area contributed by atoms with Gasteiger partial charge in [-0.2, -0.15) is 0 Å².